The summed E-state index contributed by atoms with van der Waals surface area (Å²) < 4.78 is 23.0. The first-order valence-electron chi connectivity index (χ1n) is 7.50. The Kier molecular flexibility index (Phi) is 5.09. The van der Waals surface area contributed by atoms with Gasteiger partial charge in [-0.25, -0.2) is 8.42 Å². The van der Waals surface area contributed by atoms with Gasteiger partial charge in [0.15, 0.2) is 0 Å². The number of hydrogen-bond donors (Lipinski definition) is 1. The van der Waals surface area contributed by atoms with Crippen LogP contribution >= 0.6 is 0 Å². The van der Waals surface area contributed by atoms with Gasteiger partial charge in [-0.3, -0.25) is 9.59 Å². The van der Waals surface area contributed by atoms with E-state index in [2.05, 4.69) is 0 Å². The topological polar surface area (TPSA) is 91.8 Å². The largest absolute Gasteiger partial charge is 0.480 e. The number of amides is 1. The fraction of sp³-hybridized carbons (Fsp3) is 0.500. The van der Waals surface area contributed by atoms with Crippen LogP contribution < -0.4 is 4.90 Å². The van der Waals surface area contributed by atoms with E-state index in [1.165, 1.54) is 4.90 Å². The van der Waals surface area contributed by atoms with Gasteiger partial charge < -0.3 is 10.0 Å². The molecule has 2 rings (SSSR count). The molecule has 1 aliphatic rings. The van der Waals surface area contributed by atoms with Gasteiger partial charge in [-0.2, -0.15) is 0 Å². The summed E-state index contributed by atoms with van der Waals surface area (Å²) in [6.45, 7) is 3.33. The molecule has 6 nitrogen and oxygen atoms in total. The highest BCUT2D eigenvalue weighted by Crippen LogP contribution is 2.27. The Morgan fingerprint density at radius 1 is 1.22 bits per heavy atom. The molecule has 1 fully saturated rings. The highest BCUT2D eigenvalue weighted by atomic mass is 32.2. The summed E-state index contributed by atoms with van der Waals surface area (Å²) in [6.07, 6.45) is 0.504. The van der Waals surface area contributed by atoms with Crippen LogP contribution in [0.4, 0.5) is 5.69 Å². The summed E-state index contributed by atoms with van der Waals surface area (Å²) in [4.78, 5) is 25.2. The molecule has 1 saturated heterocycles. The molecule has 0 aromatic heterocycles. The Labute approximate surface area is 136 Å². The number of carboxylic acid groups (broad SMARTS) is 1. The van der Waals surface area contributed by atoms with Crippen molar-refractivity contribution < 1.29 is 23.1 Å². The molecule has 126 valence electrons. The number of carbonyl (C=O) groups excluding carboxylic acids is 1. The molecule has 1 heterocycles. The van der Waals surface area contributed by atoms with E-state index >= 15 is 0 Å². The molecular weight excluding hydrogens is 318 g/mol. The van der Waals surface area contributed by atoms with E-state index in [0.29, 0.717) is 5.69 Å². The van der Waals surface area contributed by atoms with Crippen molar-refractivity contribution >= 4 is 27.4 Å². The van der Waals surface area contributed by atoms with Crippen LogP contribution in [-0.2, 0) is 19.4 Å². The van der Waals surface area contributed by atoms with Gasteiger partial charge in [0.2, 0.25) is 5.91 Å². The fourth-order valence-electron chi connectivity index (χ4n) is 2.88. The quantitative estimate of drug-likeness (QED) is 0.898. The molecule has 0 spiro atoms. The van der Waals surface area contributed by atoms with Crippen molar-refractivity contribution in [3.63, 3.8) is 0 Å². The average molecular weight is 339 g/mol. The molecule has 1 aliphatic heterocycles. The van der Waals surface area contributed by atoms with Gasteiger partial charge in [0.1, 0.15) is 16.4 Å². The smallest absolute Gasteiger partial charge is 0.323 e. The number of sulfone groups is 1. The first kappa shape index (κ1) is 17.5. The van der Waals surface area contributed by atoms with E-state index in [9.17, 15) is 18.0 Å². The SMILES string of the molecule is Cc1ccc(N(CC(=O)O)C(=O)C2CCS(=O)(=O)CC2)c(C)c1. The standard InChI is InChI=1S/C16H21NO5S/c1-11-3-4-14(12(2)9-11)17(10-15(18)19)16(20)13-5-7-23(21,22)8-6-13/h3-4,9,13H,5-8,10H2,1-2H3,(H,18,19). The number of rotatable bonds is 4. The third-order valence-corrected chi connectivity index (χ3v) is 5.82. The molecule has 0 aliphatic carbocycles. The van der Waals surface area contributed by atoms with Crippen molar-refractivity contribution in [2.75, 3.05) is 23.0 Å². The van der Waals surface area contributed by atoms with E-state index in [0.717, 1.165) is 11.1 Å². The van der Waals surface area contributed by atoms with Crippen molar-refractivity contribution in [3.05, 3.63) is 29.3 Å². The Morgan fingerprint density at radius 2 is 1.83 bits per heavy atom. The minimum Gasteiger partial charge on any atom is -0.480 e. The van der Waals surface area contributed by atoms with Crippen LogP contribution in [0, 0.1) is 19.8 Å². The first-order chi connectivity index (χ1) is 10.7. The average Bonchev–Trinajstić information content (AvgIpc) is 2.44. The molecule has 0 unspecified atom stereocenters. The van der Waals surface area contributed by atoms with E-state index in [1.807, 2.05) is 26.0 Å². The lowest BCUT2D eigenvalue weighted by Crippen LogP contribution is -2.42. The van der Waals surface area contributed by atoms with E-state index in [1.54, 1.807) is 6.07 Å². The molecule has 23 heavy (non-hydrogen) atoms. The number of aryl methyl sites for hydroxylation is 2. The Morgan fingerprint density at radius 3 is 2.35 bits per heavy atom. The zero-order chi connectivity index (χ0) is 17.2. The minimum absolute atomic E-state index is 0.0167. The maximum atomic E-state index is 12.8. The fourth-order valence-corrected chi connectivity index (χ4v) is 4.37. The lowest BCUT2D eigenvalue weighted by Gasteiger charge is -2.29. The number of carbonyl (C=O) groups is 2. The van der Waals surface area contributed by atoms with Gasteiger partial charge in [-0.05, 0) is 38.3 Å². The lowest BCUT2D eigenvalue weighted by atomic mass is 10.00. The number of benzene rings is 1. The molecule has 1 amide bonds. The molecular formula is C16H21NO5S. The van der Waals surface area contributed by atoms with Crippen molar-refractivity contribution in [1.82, 2.24) is 0 Å². The van der Waals surface area contributed by atoms with Crippen molar-refractivity contribution in [2.45, 2.75) is 26.7 Å². The molecule has 7 heteroatoms. The summed E-state index contributed by atoms with van der Waals surface area (Å²) in [5.41, 5.74) is 2.41. The van der Waals surface area contributed by atoms with E-state index in [-0.39, 0.29) is 30.3 Å². The zero-order valence-corrected chi connectivity index (χ0v) is 14.1. The van der Waals surface area contributed by atoms with Crippen LogP contribution in [0.1, 0.15) is 24.0 Å². The number of hydrogen-bond acceptors (Lipinski definition) is 4. The van der Waals surface area contributed by atoms with Crippen LogP contribution in [0.5, 0.6) is 0 Å². The molecule has 0 atom stereocenters. The second kappa shape index (κ2) is 6.70. The van der Waals surface area contributed by atoms with Gasteiger partial charge in [-0.1, -0.05) is 17.7 Å². The summed E-state index contributed by atoms with van der Waals surface area (Å²) in [7, 11) is -3.06. The maximum Gasteiger partial charge on any atom is 0.323 e. The molecule has 0 radical (unpaired) electrons. The summed E-state index contributed by atoms with van der Waals surface area (Å²) >= 11 is 0. The molecule has 0 bridgehead atoms. The summed E-state index contributed by atoms with van der Waals surface area (Å²) in [6, 6.07) is 5.46. The van der Waals surface area contributed by atoms with E-state index < -0.39 is 28.3 Å². The summed E-state index contributed by atoms with van der Waals surface area (Å²) in [5, 5.41) is 9.13. The summed E-state index contributed by atoms with van der Waals surface area (Å²) in [5.74, 6) is -1.89. The van der Waals surface area contributed by atoms with Crippen LogP contribution in [-0.4, -0.2) is 43.5 Å². The van der Waals surface area contributed by atoms with Gasteiger partial charge in [0, 0.05) is 11.6 Å². The Balaban J connectivity index is 2.28. The minimum atomic E-state index is -3.06. The van der Waals surface area contributed by atoms with Gasteiger partial charge in [-0.15, -0.1) is 0 Å². The number of nitrogens with zero attached hydrogens (tertiary/aromatic N) is 1. The monoisotopic (exact) mass is 339 g/mol. The highest BCUT2D eigenvalue weighted by Gasteiger charge is 2.33. The predicted molar refractivity (Wildman–Crippen MR) is 87.3 cm³/mol. The van der Waals surface area contributed by atoms with Gasteiger partial charge in [0.05, 0.1) is 11.5 Å². The van der Waals surface area contributed by atoms with Crippen LogP contribution in [0.15, 0.2) is 18.2 Å². The number of aliphatic carboxylic acids is 1. The van der Waals surface area contributed by atoms with Crippen LogP contribution in [0.3, 0.4) is 0 Å². The zero-order valence-electron chi connectivity index (χ0n) is 13.3. The number of anilines is 1. The maximum absolute atomic E-state index is 12.8. The van der Waals surface area contributed by atoms with Gasteiger partial charge in [0.25, 0.3) is 0 Å². The predicted octanol–water partition coefficient (Wildman–Crippen LogP) is 1.55. The molecule has 1 aromatic carbocycles. The Bertz CT molecular complexity index is 712. The molecule has 0 saturated carbocycles. The highest BCUT2D eigenvalue weighted by molar-refractivity contribution is 7.91. The second-order valence-electron chi connectivity index (χ2n) is 6.03. The van der Waals surface area contributed by atoms with Crippen LogP contribution in [0.25, 0.3) is 0 Å². The molecule has 1 N–H and O–H groups in total. The molecule has 1 aromatic rings. The lowest BCUT2D eigenvalue weighted by molar-refractivity contribution is -0.137. The first-order valence-corrected chi connectivity index (χ1v) is 9.32. The third kappa shape index (κ3) is 4.31. The number of carboxylic acids is 1. The van der Waals surface area contributed by atoms with E-state index in [4.69, 9.17) is 5.11 Å². The normalized spacial score (nSPS) is 17.7. The van der Waals surface area contributed by atoms with Gasteiger partial charge >= 0.3 is 5.97 Å². The van der Waals surface area contributed by atoms with Crippen molar-refractivity contribution in [1.29, 1.82) is 0 Å². The second-order valence-corrected chi connectivity index (χ2v) is 8.34. The Hall–Kier alpha value is -1.89. The van der Waals surface area contributed by atoms with Crippen molar-refractivity contribution in [3.8, 4) is 0 Å². The van der Waals surface area contributed by atoms with Crippen LogP contribution in [0.2, 0.25) is 0 Å². The third-order valence-electron chi connectivity index (χ3n) is 4.11. The van der Waals surface area contributed by atoms with Crippen molar-refractivity contribution in [2.24, 2.45) is 5.92 Å².